The van der Waals surface area contributed by atoms with E-state index in [0.717, 1.165) is 11.8 Å². The number of aldehydes is 1. The van der Waals surface area contributed by atoms with E-state index in [9.17, 15) is 9.18 Å². The Morgan fingerprint density at radius 2 is 2.29 bits per heavy atom. The third-order valence-corrected chi connectivity index (χ3v) is 2.96. The Morgan fingerprint density at radius 3 is 2.86 bits per heavy atom. The molecule has 14 heavy (non-hydrogen) atoms. The Bertz CT molecular complexity index is 354. The number of hydrogen-bond acceptors (Lipinski definition) is 1. The Morgan fingerprint density at radius 1 is 1.64 bits per heavy atom. The lowest BCUT2D eigenvalue weighted by Gasteiger charge is -2.11. The molecule has 0 saturated heterocycles. The van der Waals surface area contributed by atoms with Crippen LogP contribution in [-0.4, -0.2) is 6.29 Å². The normalized spacial score (nSPS) is 12.6. The number of halogens is 3. The molecule has 0 aliphatic carbocycles. The maximum absolute atomic E-state index is 13.0. The van der Waals surface area contributed by atoms with Gasteiger partial charge in [0.05, 0.1) is 4.47 Å². The van der Waals surface area contributed by atoms with Gasteiger partial charge in [-0.15, -0.1) is 0 Å². The van der Waals surface area contributed by atoms with Crippen LogP contribution in [0.25, 0.3) is 0 Å². The molecule has 1 nitrogen and oxygen atoms in total. The molecule has 1 aromatic rings. The van der Waals surface area contributed by atoms with Gasteiger partial charge in [0.2, 0.25) is 0 Å². The van der Waals surface area contributed by atoms with Gasteiger partial charge in [0.1, 0.15) is 12.1 Å². The average molecular weight is 280 g/mol. The van der Waals surface area contributed by atoms with Crippen molar-refractivity contribution in [3.63, 3.8) is 0 Å². The summed E-state index contributed by atoms with van der Waals surface area (Å²) in [5.41, 5.74) is 0.784. The van der Waals surface area contributed by atoms with Gasteiger partial charge in [-0.05, 0) is 39.5 Å². The highest BCUT2D eigenvalue weighted by Gasteiger charge is 2.12. The van der Waals surface area contributed by atoms with Gasteiger partial charge >= 0.3 is 0 Å². The molecule has 0 aliphatic heterocycles. The van der Waals surface area contributed by atoms with Crippen molar-refractivity contribution in [2.75, 3.05) is 0 Å². The molecule has 1 atom stereocenters. The Balaban J connectivity index is 3.08. The van der Waals surface area contributed by atoms with Crippen molar-refractivity contribution in [2.45, 2.75) is 19.3 Å². The lowest BCUT2D eigenvalue weighted by atomic mass is 9.98. The summed E-state index contributed by atoms with van der Waals surface area (Å²) in [5.74, 6) is -0.381. The third kappa shape index (κ3) is 2.55. The highest BCUT2D eigenvalue weighted by atomic mass is 79.9. The summed E-state index contributed by atoms with van der Waals surface area (Å²) in [5, 5.41) is 0.361. The molecule has 4 heteroatoms. The second-order valence-corrected chi connectivity index (χ2v) is 4.35. The quantitative estimate of drug-likeness (QED) is 0.605. The molecular formula is C10H9BrClFO. The van der Waals surface area contributed by atoms with E-state index >= 15 is 0 Å². The molecule has 0 aromatic heterocycles. The van der Waals surface area contributed by atoms with Crippen LogP contribution >= 0.6 is 27.5 Å². The second kappa shape index (κ2) is 4.89. The molecule has 0 aliphatic rings. The highest BCUT2D eigenvalue weighted by Crippen LogP contribution is 2.30. The molecule has 0 amide bonds. The van der Waals surface area contributed by atoms with E-state index in [-0.39, 0.29) is 5.92 Å². The number of carbonyl (C=O) groups is 1. The topological polar surface area (TPSA) is 17.1 Å². The van der Waals surface area contributed by atoms with Crippen molar-refractivity contribution >= 4 is 33.8 Å². The van der Waals surface area contributed by atoms with Gasteiger partial charge in [-0.25, -0.2) is 4.39 Å². The SMILES string of the molecule is CC(CC=O)c1cc(Br)c(F)cc1Cl. The van der Waals surface area contributed by atoms with Crippen LogP contribution in [0.5, 0.6) is 0 Å². The summed E-state index contributed by atoms with van der Waals surface area (Å²) < 4.78 is 13.4. The van der Waals surface area contributed by atoms with Gasteiger partial charge in [0.15, 0.2) is 0 Å². The van der Waals surface area contributed by atoms with Crippen LogP contribution in [0.15, 0.2) is 16.6 Å². The predicted octanol–water partition coefficient (Wildman–Crippen LogP) is 3.93. The number of carbonyl (C=O) groups excluding carboxylic acids is 1. The molecule has 1 rings (SSSR count). The Hall–Kier alpha value is -0.410. The predicted molar refractivity (Wildman–Crippen MR) is 58.2 cm³/mol. The number of hydrogen-bond donors (Lipinski definition) is 0. The van der Waals surface area contributed by atoms with Crippen molar-refractivity contribution in [1.29, 1.82) is 0 Å². The fourth-order valence-electron chi connectivity index (χ4n) is 1.19. The zero-order chi connectivity index (χ0) is 10.7. The zero-order valence-electron chi connectivity index (χ0n) is 7.56. The minimum absolute atomic E-state index is 0.0110. The van der Waals surface area contributed by atoms with Crippen LogP contribution in [0.4, 0.5) is 4.39 Å². The van der Waals surface area contributed by atoms with Gasteiger partial charge < -0.3 is 4.79 Å². The lowest BCUT2D eigenvalue weighted by Crippen LogP contribution is -1.96. The van der Waals surface area contributed by atoms with Crippen LogP contribution in [0.2, 0.25) is 5.02 Å². The summed E-state index contributed by atoms with van der Waals surface area (Å²) >= 11 is 8.93. The van der Waals surface area contributed by atoms with E-state index in [0.29, 0.717) is 15.9 Å². The monoisotopic (exact) mass is 278 g/mol. The molecule has 0 bridgehead atoms. The van der Waals surface area contributed by atoms with E-state index in [1.54, 1.807) is 6.07 Å². The fourth-order valence-corrected chi connectivity index (χ4v) is 1.88. The van der Waals surface area contributed by atoms with Crippen LogP contribution < -0.4 is 0 Å². The van der Waals surface area contributed by atoms with Gasteiger partial charge in [-0.1, -0.05) is 18.5 Å². The summed E-state index contributed by atoms with van der Waals surface area (Å²) in [6.07, 6.45) is 1.22. The van der Waals surface area contributed by atoms with Crippen LogP contribution in [0.1, 0.15) is 24.8 Å². The van der Waals surface area contributed by atoms with Crippen molar-refractivity contribution in [3.05, 3.63) is 33.0 Å². The molecule has 0 radical (unpaired) electrons. The van der Waals surface area contributed by atoms with Crippen molar-refractivity contribution < 1.29 is 9.18 Å². The number of rotatable bonds is 3. The first-order valence-electron chi connectivity index (χ1n) is 4.14. The van der Waals surface area contributed by atoms with Crippen LogP contribution in [0.3, 0.4) is 0 Å². The van der Waals surface area contributed by atoms with Gasteiger partial charge in [-0.2, -0.15) is 0 Å². The van der Waals surface area contributed by atoms with Gasteiger partial charge in [0, 0.05) is 11.4 Å². The van der Waals surface area contributed by atoms with E-state index in [1.807, 2.05) is 6.92 Å². The van der Waals surface area contributed by atoms with Gasteiger partial charge in [0.25, 0.3) is 0 Å². The first-order chi connectivity index (χ1) is 6.56. The fraction of sp³-hybridized carbons (Fsp3) is 0.300. The minimum Gasteiger partial charge on any atom is -0.303 e. The van der Waals surface area contributed by atoms with E-state index in [1.165, 1.54) is 6.07 Å². The molecule has 0 heterocycles. The Labute approximate surface area is 95.4 Å². The molecule has 0 fully saturated rings. The number of benzene rings is 1. The zero-order valence-corrected chi connectivity index (χ0v) is 9.90. The smallest absolute Gasteiger partial charge is 0.138 e. The standard InChI is InChI=1S/C10H9BrClFO/c1-6(2-3-14)7-4-8(11)10(13)5-9(7)12/h3-6H,2H2,1H3. The summed E-state index contributed by atoms with van der Waals surface area (Å²) in [7, 11) is 0. The molecule has 76 valence electrons. The molecule has 1 unspecified atom stereocenters. The van der Waals surface area contributed by atoms with Crippen LogP contribution in [0, 0.1) is 5.82 Å². The maximum Gasteiger partial charge on any atom is 0.138 e. The van der Waals surface area contributed by atoms with E-state index in [4.69, 9.17) is 11.6 Å². The first kappa shape index (κ1) is 11.7. The first-order valence-corrected chi connectivity index (χ1v) is 5.31. The molecular weight excluding hydrogens is 270 g/mol. The van der Waals surface area contributed by atoms with Gasteiger partial charge in [-0.3, -0.25) is 0 Å². The minimum atomic E-state index is -0.392. The van der Waals surface area contributed by atoms with E-state index in [2.05, 4.69) is 15.9 Å². The van der Waals surface area contributed by atoms with Crippen molar-refractivity contribution in [2.24, 2.45) is 0 Å². The largest absolute Gasteiger partial charge is 0.303 e. The lowest BCUT2D eigenvalue weighted by molar-refractivity contribution is -0.108. The molecule has 0 N–H and O–H groups in total. The second-order valence-electron chi connectivity index (χ2n) is 3.09. The average Bonchev–Trinajstić information content (AvgIpc) is 2.11. The molecule has 1 aromatic carbocycles. The van der Waals surface area contributed by atoms with Crippen molar-refractivity contribution in [1.82, 2.24) is 0 Å². The van der Waals surface area contributed by atoms with E-state index < -0.39 is 5.82 Å². The maximum atomic E-state index is 13.0. The summed E-state index contributed by atoms with van der Waals surface area (Å²) in [6, 6.07) is 2.87. The van der Waals surface area contributed by atoms with Crippen molar-refractivity contribution in [3.8, 4) is 0 Å². The molecule has 0 spiro atoms. The third-order valence-electron chi connectivity index (χ3n) is 2.02. The molecule has 0 saturated carbocycles. The van der Waals surface area contributed by atoms with Crippen LogP contribution in [-0.2, 0) is 4.79 Å². The Kier molecular flexibility index (Phi) is 4.08. The summed E-state index contributed by atoms with van der Waals surface area (Å²) in [6.45, 7) is 1.87. The highest BCUT2D eigenvalue weighted by molar-refractivity contribution is 9.10. The summed E-state index contributed by atoms with van der Waals surface area (Å²) in [4.78, 5) is 10.3.